The van der Waals surface area contributed by atoms with E-state index in [0.29, 0.717) is 5.56 Å². The van der Waals surface area contributed by atoms with E-state index >= 15 is 0 Å². The lowest BCUT2D eigenvalue weighted by Crippen LogP contribution is -2.44. The van der Waals surface area contributed by atoms with Crippen molar-refractivity contribution in [1.82, 2.24) is 10.2 Å². The highest BCUT2D eigenvalue weighted by Crippen LogP contribution is 2.32. The maximum atomic E-state index is 13.6. The molecule has 0 unspecified atom stereocenters. The maximum absolute atomic E-state index is 13.6. The van der Waals surface area contributed by atoms with Gasteiger partial charge in [-0.1, -0.05) is 31.2 Å². The fraction of sp³-hybridized carbons (Fsp3) is 0.211. The van der Waals surface area contributed by atoms with Crippen LogP contribution in [-0.4, -0.2) is 29.3 Å². The molecule has 6 nitrogen and oxygen atoms in total. The topological polar surface area (TPSA) is 78.5 Å². The van der Waals surface area contributed by atoms with Crippen LogP contribution in [0.15, 0.2) is 48.5 Å². The minimum atomic E-state index is -1.37. The highest BCUT2D eigenvalue weighted by molar-refractivity contribution is 6.10. The van der Waals surface area contributed by atoms with E-state index in [4.69, 9.17) is 0 Å². The molecule has 1 aliphatic heterocycles. The van der Waals surface area contributed by atoms with E-state index < -0.39 is 41.6 Å². The first-order valence-corrected chi connectivity index (χ1v) is 8.32. The molecule has 2 N–H and O–H groups in total. The molecule has 0 aromatic heterocycles. The van der Waals surface area contributed by atoms with Crippen molar-refractivity contribution >= 4 is 23.5 Å². The second-order valence-electron chi connectivity index (χ2n) is 6.12. The summed E-state index contributed by atoms with van der Waals surface area (Å²) in [7, 11) is 0. The van der Waals surface area contributed by atoms with Crippen molar-refractivity contribution in [3.05, 3.63) is 65.7 Å². The van der Waals surface area contributed by atoms with E-state index in [9.17, 15) is 23.2 Å². The molecule has 140 valence electrons. The Morgan fingerprint density at radius 1 is 1.11 bits per heavy atom. The lowest BCUT2D eigenvalue weighted by molar-refractivity contribution is -0.134. The van der Waals surface area contributed by atoms with Crippen LogP contribution < -0.4 is 10.6 Å². The molecule has 8 heteroatoms. The largest absolute Gasteiger partial charge is 0.325 e. The Morgan fingerprint density at radius 2 is 1.78 bits per heavy atom. The summed E-state index contributed by atoms with van der Waals surface area (Å²) in [6.45, 7) is 1.13. The number of anilines is 1. The summed E-state index contributed by atoms with van der Waals surface area (Å²) in [5.74, 6) is -2.43. The third-order valence-electron chi connectivity index (χ3n) is 4.49. The zero-order valence-electron chi connectivity index (χ0n) is 14.5. The van der Waals surface area contributed by atoms with Crippen LogP contribution in [0.3, 0.4) is 0 Å². The van der Waals surface area contributed by atoms with Crippen molar-refractivity contribution in [2.24, 2.45) is 0 Å². The quantitative estimate of drug-likeness (QED) is 0.791. The number of carbonyl (C=O) groups is 3. The van der Waals surface area contributed by atoms with Crippen molar-refractivity contribution in [2.45, 2.75) is 18.9 Å². The Balaban J connectivity index is 1.80. The number of carbonyl (C=O) groups excluding carboxylic acids is 3. The molecule has 0 spiro atoms. The molecule has 3 rings (SSSR count). The summed E-state index contributed by atoms with van der Waals surface area (Å²) >= 11 is 0. The number of amides is 4. The third kappa shape index (κ3) is 3.38. The number of nitrogens with zero attached hydrogens (tertiary/aromatic N) is 1. The van der Waals surface area contributed by atoms with Gasteiger partial charge in [0.25, 0.3) is 5.91 Å². The molecule has 27 heavy (non-hydrogen) atoms. The maximum Gasteiger partial charge on any atom is 0.325 e. The van der Waals surface area contributed by atoms with Gasteiger partial charge < -0.3 is 10.6 Å². The van der Waals surface area contributed by atoms with Crippen LogP contribution in [0.4, 0.5) is 19.3 Å². The molecule has 0 radical (unpaired) electrons. The summed E-state index contributed by atoms with van der Waals surface area (Å²) < 4.78 is 26.8. The summed E-state index contributed by atoms with van der Waals surface area (Å²) in [5.41, 5.74) is -1.00. The summed E-state index contributed by atoms with van der Waals surface area (Å²) in [6, 6.07) is 10.0. The van der Waals surface area contributed by atoms with E-state index in [2.05, 4.69) is 10.6 Å². The van der Waals surface area contributed by atoms with E-state index in [1.807, 2.05) is 0 Å². The first-order valence-electron chi connectivity index (χ1n) is 8.32. The van der Waals surface area contributed by atoms with Crippen LogP contribution in [0.5, 0.6) is 0 Å². The SMILES string of the molecule is CC[C@@]1(c2ccc(F)cc2)NC(=O)N(CC(=O)Nc2ccccc2F)C1=O. The van der Waals surface area contributed by atoms with Crippen molar-refractivity contribution < 1.29 is 23.2 Å². The van der Waals surface area contributed by atoms with Gasteiger partial charge in [-0.05, 0) is 36.2 Å². The Morgan fingerprint density at radius 3 is 2.41 bits per heavy atom. The number of rotatable bonds is 5. The molecule has 1 saturated heterocycles. The number of imide groups is 1. The molecule has 2 aromatic carbocycles. The fourth-order valence-corrected chi connectivity index (χ4v) is 3.04. The molecule has 1 fully saturated rings. The van der Waals surface area contributed by atoms with Gasteiger partial charge in [0.2, 0.25) is 5.91 Å². The lowest BCUT2D eigenvalue weighted by Gasteiger charge is -2.25. The molecule has 0 aliphatic carbocycles. The van der Waals surface area contributed by atoms with Crippen LogP contribution in [-0.2, 0) is 15.1 Å². The Hall–Kier alpha value is -3.29. The van der Waals surface area contributed by atoms with E-state index in [1.165, 1.54) is 42.5 Å². The molecular formula is C19H17F2N3O3. The second kappa shape index (κ2) is 7.14. The highest BCUT2D eigenvalue weighted by Gasteiger charge is 2.51. The first kappa shape index (κ1) is 18.5. The number of para-hydroxylation sites is 1. The number of nitrogens with one attached hydrogen (secondary N) is 2. The number of halogens is 2. The molecule has 1 atom stereocenters. The van der Waals surface area contributed by atoms with E-state index in [0.717, 1.165) is 4.90 Å². The van der Waals surface area contributed by atoms with Crippen LogP contribution in [0.1, 0.15) is 18.9 Å². The standard InChI is InChI=1S/C19H17F2N3O3/c1-2-19(12-7-9-13(20)10-8-12)17(26)24(18(27)23-19)11-16(25)22-15-6-4-3-5-14(15)21/h3-10H,2,11H2,1H3,(H,22,25)(H,23,27)/t19-/m0/s1. The summed E-state index contributed by atoms with van der Waals surface area (Å²) in [5, 5.41) is 4.93. The van der Waals surface area contributed by atoms with Crippen molar-refractivity contribution in [3.8, 4) is 0 Å². The van der Waals surface area contributed by atoms with Crippen molar-refractivity contribution in [3.63, 3.8) is 0 Å². The van der Waals surface area contributed by atoms with E-state index in [-0.39, 0.29) is 12.1 Å². The summed E-state index contributed by atoms with van der Waals surface area (Å²) in [4.78, 5) is 38.2. The number of hydrogen-bond acceptors (Lipinski definition) is 3. The smallest absolute Gasteiger partial charge is 0.322 e. The average Bonchev–Trinajstić information content (AvgIpc) is 2.89. The highest BCUT2D eigenvalue weighted by atomic mass is 19.1. The lowest BCUT2D eigenvalue weighted by atomic mass is 9.87. The molecule has 0 bridgehead atoms. The van der Waals surface area contributed by atoms with Crippen LogP contribution >= 0.6 is 0 Å². The Labute approximate surface area is 154 Å². The normalized spacial score (nSPS) is 19.1. The third-order valence-corrected chi connectivity index (χ3v) is 4.49. The molecular weight excluding hydrogens is 356 g/mol. The van der Waals surface area contributed by atoms with Gasteiger partial charge in [0.15, 0.2) is 0 Å². The van der Waals surface area contributed by atoms with Crippen LogP contribution in [0.25, 0.3) is 0 Å². The summed E-state index contributed by atoms with van der Waals surface area (Å²) in [6.07, 6.45) is 0.217. The molecule has 1 aliphatic rings. The van der Waals surface area contributed by atoms with Gasteiger partial charge in [0.05, 0.1) is 5.69 Å². The first-order chi connectivity index (χ1) is 12.9. The zero-order chi connectivity index (χ0) is 19.6. The van der Waals surface area contributed by atoms with Gasteiger partial charge in [-0.25, -0.2) is 13.6 Å². The van der Waals surface area contributed by atoms with Gasteiger partial charge >= 0.3 is 6.03 Å². The van der Waals surface area contributed by atoms with E-state index in [1.54, 1.807) is 13.0 Å². The average molecular weight is 373 g/mol. The monoisotopic (exact) mass is 373 g/mol. The Bertz CT molecular complexity index is 901. The molecule has 1 heterocycles. The fourth-order valence-electron chi connectivity index (χ4n) is 3.04. The number of hydrogen-bond donors (Lipinski definition) is 2. The predicted octanol–water partition coefficient (Wildman–Crippen LogP) is 2.76. The van der Waals surface area contributed by atoms with Gasteiger partial charge in [-0.2, -0.15) is 0 Å². The minimum Gasteiger partial charge on any atom is -0.322 e. The number of benzene rings is 2. The van der Waals surface area contributed by atoms with Gasteiger partial charge in [-0.15, -0.1) is 0 Å². The molecule has 0 saturated carbocycles. The van der Waals surface area contributed by atoms with Crippen LogP contribution in [0.2, 0.25) is 0 Å². The predicted molar refractivity (Wildman–Crippen MR) is 93.6 cm³/mol. The van der Waals surface area contributed by atoms with Crippen molar-refractivity contribution in [2.75, 3.05) is 11.9 Å². The van der Waals surface area contributed by atoms with Crippen molar-refractivity contribution in [1.29, 1.82) is 0 Å². The molecule has 2 aromatic rings. The van der Waals surface area contributed by atoms with Crippen LogP contribution in [0, 0.1) is 11.6 Å². The zero-order valence-corrected chi connectivity index (χ0v) is 14.5. The molecule has 4 amide bonds. The van der Waals surface area contributed by atoms with Gasteiger partial charge in [0.1, 0.15) is 23.7 Å². The van der Waals surface area contributed by atoms with Gasteiger partial charge in [0, 0.05) is 0 Å². The van der Waals surface area contributed by atoms with Gasteiger partial charge in [-0.3, -0.25) is 14.5 Å². The second-order valence-corrected chi connectivity index (χ2v) is 6.12. The number of urea groups is 1. The Kier molecular flexibility index (Phi) is 4.89. The minimum absolute atomic E-state index is 0.0464.